The van der Waals surface area contributed by atoms with Gasteiger partial charge >= 0.3 is 0 Å². The van der Waals surface area contributed by atoms with E-state index >= 15 is 0 Å². The molecule has 1 saturated heterocycles. The highest BCUT2D eigenvalue weighted by Crippen LogP contribution is 2.31. The molecule has 1 atom stereocenters. The van der Waals surface area contributed by atoms with Gasteiger partial charge in [0.1, 0.15) is 0 Å². The maximum absolute atomic E-state index is 12.1. The van der Waals surface area contributed by atoms with Crippen molar-refractivity contribution in [1.29, 1.82) is 0 Å². The Labute approximate surface area is 112 Å². The first-order valence-electron chi connectivity index (χ1n) is 6.47. The molecule has 5 heteroatoms. The third-order valence-electron chi connectivity index (χ3n) is 3.61. The normalized spacial score (nSPS) is 18.8. The molecule has 3 N–H and O–H groups in total. The molecular weight excluding hydrogens is 242 g/mol. The van der Waals surface area contributed by atoms with Gasteiger partial charge in [0.15, 0.2) is 0 Å². The summed E-state index contributed by atoms with van der Waals surface area (Å²) in [7, 11) is 0. The minimum Gasteiger partial charge on any atom is -0.311 e. The second kappa shape index (κ2) is 5.40. The summed E-state index contributed by atoms with van der Waals surface area (Å²) in [6.07, 6.45) is 1.08. The van der Waals surface area contributed by atoms with Crippen molar-refractivity contribution in [2.24, 2.45) is 11.8 Å². The highest BCUT2D eigenvalue weighted by molar-refractivity contribution is 6.01. The number of aryl methyl sites for hydroxylation is 2. The van der Waals surface area contributed by atoms with Crippen LogP contribution in [0.5, 0.6) is 0 Å². The van der Waals surface area contributed by atoms with Crippen LogP contribution in [0, 0.1) is 12.8 Å². The lowest BCUT2D eigenvalue weighted by Crippen LogP contribution is -2.37. The molecule has 0 spiro atoms. The van der Waals surface area contributed by atoms with Crippen LogP contribution in [0.15, 0.2) is 18.2 Å². The average molecular weight is 261 g/mol. The summed E-state index contributed by atoms with van der Waals surface area (Å²) in [4.78, 5) is 25.4. The Kier molecular flexibility index (Phi) is 3.85. The molecule has 5 nitrogen and oxygen atoms in total. The Morgan fingerprint density at radius 1 is 1.53 bits per heavy atom. The monoisotopic (exact) mass is 261 g/mol. The molecule has 1 unspecified atom stereocenters. The van der Waals surface area contributed by atoms with E-state index < -0.39 is 0 Å². The third kappa shape index (κ3) is 2.46. The number of nitrogens with two attached hydrogens (primary N) is 1. The second-order valence-electron chi connectivity index (χ2n) is 4.85. The van der Waals surface area contributed by atoms with E-state index in [4.69, 9.17) is 5.84 Å². The molecule has 1 fully saturated rings. The van der Waals surface area contributed by atoms with Gasteiger partial charge < -0.3 is 4.90 Å². The maximum atomic E-state index is 12.1. The van der Waals surface area contributed by atoms with E-state index in [9.17, 15) is 9.59 Å². The highest BCUT2D eigenvalue weighted by Gasteiger charge is 2.36. The summed E-state index contributed by atoms with van der Waals surface area (Å²) < 4.78 is 0. The summed E-state index contributed by atoms with van der Waals surface area (Å²) in [5.41, 5.74) is 5.26. The van der Waals surface area contributed by atoms with Gasteiger partial charge in [0.2, 0.25) is 11.8 Å². The Bertz CT molecular complexity index is 513. The zero-order valence-corrected chi connectivity index (χ0v) is 11.3. The van der Waals surface area contributed by atoms with Gasteiger partial charge in [-0.05, 0) is 24.5 Å². The molecule has 1 heterocycles. The van der Waals surface area contributed by atoms with Crippen LogP contribution in [-0.2, 0) is 16.0 Å². The maximum Gasteiger partial charge on any atom is 0.239 e. The molecule has 1 aliphatic heterocycles. The van der Waals surface area contributed by atoms with Crippen LogP contribution in [0.4, 0.5) is 5.69 Å². The van der Waals surface area contributed by atoms with Crippen LogP contribution in [0.3, 0.4) is 0 Å². The minimum atomic E-state index is -0.359. The smallest absolute Gasteiger partial charge is 0.239 e. The first kappa shape index (κ1) is 13.5. The lowest BCUT2D eigenvalue weighted by molar-refractivity contribution is -0.126. The summed E-state index contributed by atoms with van der Waals surface area (Å²) >= 11 is 0. The minimum absolute atomic E-state index is 0.0161. The van der Waals surface area contributed by atoms with Crippen LogP contribution in [0.25, 0.3) is 0 Å². The fourth-order valence-electron chi connectivity index (χ4n) is 2.61. The fourth-order valence-corrected chi connectivity index (χ4v) is 2.61. The van der Waals surface area contributed by atoms with Gasteiger partial charge in [0, 0.05) is 18.7 Å². The predicted octanol–water partition coefficient (Wildman–Crippen LogP) is 0.900. The van der Waals surface area contributed by atoms with Crippen LogP contribution >= 0.6 is 0 Å². The van der Waals surface area contributed by atoms with Crippen molar-refractivity contribution < 1.29 is 9.59 Å². The molecule has 1 aromatic rings. The number of nitrogens with one attached hydrogen (secondary N) is 1. The zero-order valence-electron chi connectivity index (χ0n) is 11.3. The largest absolute Gasteiger partial charge is 0.311 e. The standard InChI is InChI=1S/C14H19N3O2/c1-3-10-6-4-5-9(2)13(10)17-8-11(7-12(17)18)14(19)16-15/h4-6,11H,3,7-8,15H2,1-2H3,(H,16,19). The number of rotatable bonds is 3. The molecule has 2 amide bonds. The van der Waals surface area contributed by atoms with Gasteiger partial charge in [-0.3, -0.25) is 15.0 Å². The molecule has 19 heavy (non-hydrogen) atoms. The van der Waals surface area contributed by atoms with Crippen molar-refractivity contribution in [3.05, 3.63) is 29.3 Å². The van der Waals surface area contributed by atoms with E-state index in [0.717, 1.165) is 23.2 Å². The molecule has 0 radical (unpaired) electrons. The summed E-state index contributed by atoms with van der Waals surface area (Å²) in [5, 5.41) is 0. The summed E-state index contributed by atoms with van der Waals surface area (Å²) in [6.45, 7) is 4.45. The van der Waals surface area contributed by atoms with Crippen molar-refractivity contribution >= 4 is 17.5 Å². The fraction of sp³-hybridized carbons (Fsp3) is 0.429. The quantitative estimate of drug-likeness (QED) is 0.482. The number of amides is 2. The van der Waals surface area contributed by atoms with Crippen LogP contribution < -0.4 is 16.2 Å². The number of hydrogen-bond donors (Lipinski definition) is 2. The van der Waals surface area contributed by atoms with E-state index in [1.54, 1.807) is 4.90 Å². The van der Waals surface area contributed by atoms with Crippen LogP contribution in [0.2, 0.25) is 0 Å². The first-order chi connectivity index (χ1) is 9.08. The molecule has 0 aromatic heterocycles. The first-order valence-corrected chi connectivity index (χ1v) is 6.47. The molecule has 1 aromatic carbocycles. The van der Waals surface area contributed by atoms with E-state index in [1.165, 1.54) is 0 Å². The average Bonchev–Trinajstić information content (AvgIpc) is 2.79. The number of benzene rings is 1. The van der Waals surface area contributed by atoms with Crippen molar-refractivity contribution in [1.82, 2.24) is 5.43 Å². The van der Waals surface area contributed by atoms with Crippen molar-refractivity contribution in [2.75, 3.05) is 11.4 Å². The Morgan fingerprint density at radius 3 is 2.89 bits per heavy atom. The zero-order chi connectivity index (χ0) is 14.0. The van der Waals surface area contributed by atoms with Gasteiger partial charge in [-0.15, -0.1) is 0 Å². The third-order valence-corrected chi connectivity index (χ3v) is 3.61. The molecular formula is C14H19N3O2. The van der Waals surface area contributed by atoms with Gasteiger partial charge in [0.25, 0.3) is 0 Å². The molecule has 0 bridgehead atoms. The lowest BCUT2D eigenvalue weighted by atomic mass is 10.0. The second-order valence-corrected chi connectivity index (χ2v) is 4.85. The van der Waals surface area contributed by atoms with Crippen LogP contribution in [-0.4, -0.2) is 18.4 Å². The van der Waals surface area contributed by atoms with E-state index in [1.807, 2.05) is 25.1 Å². The molecule has 0 saturated carbocycles. The van der Waals surface area contributed by atoms with Gasteiger partial charge in [-0.25, -0.2) is 5.84 Å². The molecule has 1 aliphatic rings. The van der Waals surface area contributed by atoms with Crippen molar-refractivity contribution in [3.8, 4) is 0 Å². The Hall–Kier alpha value is -1.88. The number of carbonyl (C=O) groups is 2. The number of carbonyl (C=O) groups excluding carboxylic acids is 2. The van der Waals surface area contributed by atoms with E-state index in [2.05, 4.69) is 12.3 Å². The molecule has 2 rings (SSSR count). The van der Waals surface area contributed by atoms with Crippen LogP contribution in [0.1, 0.15) is 24.5 Å². The van der Waals surface area contributed by atoms with Crippen molar-refractivity contribution in [2.45, 2.75) is 26.7 Å². The number of hydrogen-bond acceptors (Lipinski definition) is 3. The van der Waals surface area contributed by atoms with E-state index in [-0.39, 0.29) is 24.2 Å². The number of hydrazine groups is 1. The SMILES string of the molecule is CCc1cccc(C)c1N1CC(C(=O)NN)CC1=O. The number of nitrogens with zero attached hydrogens (tertiary/aromatic N) is 1. The molecule has 0 aliphatic carbocycles. The highest BCUT2D eigenvalue weighted by atomic mass is 16.2. The Morgan fingerprint density at radius 2 is 2.26 bits per heavy atom. The summed E-state index contributed by atoms with van der Waals surface area (Å²) in [6, 6.07) is 5.99. The molecule has 102 valence electrons. The summed E-state index contributed by atoms with van der Waals surface area (Å²) in [5.74, 6) is 4.49. The van der Waals surface area contributed by atoms with Crippen molar-refractivity contribution in [3.63, 3.8) is 0 Å². The number of para-hydroxylation sites is 1. The topological polar surface area (TPSA) is 75.4 Å². The van der Waals surface area contributed by atoms with Gasteiger partial charge in [0.05, 0.1) is 5.92 Å². The van der Waals surface area contributed by atoms with E-state index in [0.29, 0.717) is 6.54 Å². The predicted molar refractivity (Wildman–Crippen MR) is 73.3 cm³/mol. The van der Waals surface area contributed by atoms with Gasteiger partial charge in [-0.1, -0.05) is 25.1 Å². The lowest BCUT2D eigenvalue weighted by Gasteiger charge is -2.22. The Balaban J connectivity index is 2.33. The number of anilines is 1. The van der Waals surface area contributed by atoms with Gasteiger partial charge in [-0.2, -0.15) is 0 Å².